The molecule has 3 N–H and O–H groups in total. The first-order chi connectivity index (χ1) is 30.3. The number of aromatic nitrogens is 5. The van der Waals surface area contributed by atoms with Gasteiger partial charge in [-0.15, -0.1) is 0 Å². The normalized spacial score (nSPS) is 22.9. The van der Waals surface area contributed by atoms with E-state index in [1.54, 1.807) is 38.5 Å². The third kappa shape index (κ3) is 7.53. The Kier molecular flexibility index (Phi) is 10.5. The second-order valence-electron chi connectivity index (χ2n) is 18.1. The van der Waals surface area contributed by atoms with Crippen LogP contribution in [-0.4, -0.2) is 91.8 Å². The van der Waals surface area contributed by atoms with Crippen molar-refractivity contribution >= 4 is 68.4 Å². The van der Waals surface area contributed by atoms with Crippen molar-refractivity contribution in [3.63, 3.8) is 0 Å². The smallest absolute Gasteiger partial charge is 0.301 e. The number of amides is 2. The molecule has 10 rings (SSSR count). The van der Waals surface area contributed by atoms with Crippen molar-refractivity contribution < 1.29 is 27.5 Å². The number of imide groups is 1. The van der Waals surface area contributed by atoms with Crippen molar-refractivity contribution in [1.29, 1.82) is 0 Å². The Labute approximate surface area is 366 Å². The lowest BCUT2D eigenvalue weighted by atomic mass is 9.84. The number of hydrogen-bond donors (Lipinski definition) is 3. The maximum absolute atomic E-state index is 16.2. The Morgan fingerprint density at radius 2 is 1.73 bits per heavy atom. The topological polar surface area (TPSA) is 152 Å². The Hall–Kier alpha value is -5.42. The molecule has 4 fully saturated rings. The van der Waals surface area contributed by atoms with E-state index in [0.717, 1.165) is 51.9 Å². The van der Waals surface area contributed by atoms with Crippen LogP contribution in [0.5, 0.6) is 5.75 Å². The van der Waals surface area contributed by atoms with Crippen molar-refractivity contribution in [3.05, 3.63) is 69.0 Å². The van der Waals surface area contributed by atoms with E-state index >= 15 is 13.2 Å². The van der Waals surface area contributed by atoms with E-state index in [0.29, 0.717) is 86.8 Å². The zero-order chi connectivity index (χ0) is 43.9. The number of halogens is 4. The molecule has 5 aromatic rings. The number of piperidine rings is 3. The van der Waals surface area contributed by atoms with E-state index in [4.69, 9.17) is 21.3 Å². The minimum absolute atomic E-state index is 0.0649. The molecule has 3 aromatic heterocycles. The number of hydrogen-bond acceptors (Lipinski definition) is 11. The first-order valence-corrected chi connectivity index (χ1v) is 22.3. The number of carbonyl (C=O) groups excluding carboxylic acids is 2. The highest BCUT2D eigenvalue weighted by atomic mass is 35.5. The van der Waals surface area contributed by atoms with Crippen molar-refractivity contribution in [3.8, 4) is 5.75 Å². The number of pyridine rings is 1. The molecule has 2 amide bonds. The lowest BCUT2D eigenvalue weighted by Crippen LogP contribution is -2.47. The summed E-state index contributed by atoms with van der Waals surface area (Å²) in [5.74, 6) is -3.54. The Balaban J connectivity index is 0.783. The first kappa shape index (κ1) is 41.6. The number of ether oxygens (including phenoxy) is 1. The molecular formula is C45H50ClF3N10O4. The molecule has 1 saturated carbocycles. The van der Waals surface area contributed by atoms with Crippen LogP contribution in [0, 0.1) is 17.7 Å². The van der Waals surface area contributed by atoms with Gasteiger partial charge in [0.25, 0.3) is 5.56 Å². The van der Waals surface area contributed by atoms with Gasteiger partial charge in [-0.05, 0) is 106 Å². The molecule has 3 atom stereocenters. The monoisotopic (exact) mass is 886 g/mol. The van der Waals surface area contributed by atoms with Crippen LogP contribution in [-0.2, 0) is 23.7 Å². The van der Waals surface area contributed by atoms with Crippen molar-refractivity contribution in [2.75, 3.05) is 48.3 Å². The van der Waals surface area contributed by atoms with E-state index in [-0.39, 0.29) is 47.3 Å². The maximum atomic E-state index is 16.2. The lowest BCUT2D eigenvalue weighted by Gasteiger charge is -2.42. The van der Waals surface area contributed by atoms with Crippen LogP contribution in [0.1, 0.15) is 81.4 Å². The third-order valence-corrected chi connectivity index (χ3v) is 14.5. The summed E-state index contributed by atoms with van der Waals surface area (Å²) in [7, 11) is 3.30. The average Bonchev–Trinajstić information content (AvgIpc) is 4.07. The molecule has 0 spiro atoms. The van der Waals surface area contributed by atoms with Gasteiger partial charge in [-0.3, -0.25) is 24.4 Å². The predicted molar refractivity (Wildman–Crippen MR) is 234 cm³/mol. The number of nitrogens with one attached hydrogen (secondary N) is 3. The highest BCUT2D eigenvalue weighted by molar-refractivity contribution is 6.33. The molecule has 332 valence electrons. The lowest BCUT2D eigenvalue weighted by molar-refractivity contribution is -0.134. The van der Waals surface area contributed by atoms with Gasteiger partial charge in [0.2, 0.25) is 23.5 Å². The maximum Gasteiger partial charge on any atom is 0.301 e. The largest absolute Gasteiger partial charge is 0.480 e. The Bertz CT molecular complexity index is 2710. The zero-order valence-electron chi connectivity index (χ0n) is 35.4. The number of aryl methyl sites for hydroxylation is 2. The van der Waals surface area contributed by atoms with E-state index in [9.17, 15) is 14.4 Å². The SMILES string of the molecule is CC(C1CCN(c2ncc(Cl)c(Nc3ccc4c(c3)c3c(c(=O)n4C)OCC(F)(F)C(C4CC4)N3)n2)CC1)N1CCC(c2ccc3c(C4CCC(=O)NC4=O)nn(C)c3c2F)CC1. The molecular weight excluding hydrogens is 837 g/mol. The van der Waals surface area contributed by atoms with Crippen LogP contribution in [0.2, 0.25) is 5.02 Å². The van der Waals surface area contributed by atoms with Gasteiger partial charge in [-0.25, -0.2) is 18.2 Å². The minimum Gasteiger partial charge on any atom is -0.480 e. The van der Waals surface area contributed by atoms with Crippen LogP contribution in [0.3, 0.4) is 0 Å². The summed E-state index contributed by atoms with van der Waals surface area (Å²) in [6, 6.07) is 8.30. The summed E-state index contributed by atoms with van der Waals surface area (Å²) >= 11 is 6.64. The molecule has 0 radical (unpaired) electrons. The predicted octanol–water partition coefficient (Wildman–Crippen LogP) is 6.97. The number of carbonyl (C=O) groups is 2. The molecule has 14 nitrogen and oxygen atoms in total. The summed E-state index contributed by atoms with van der Waals surface area (Å²) in [5, 5.41) is 14.8. The minimum atomic E-state index is -3.14. The van der Waals surface area contributed by atoms with E-state index in [2.05, 4.69) is 42.8 Å². The summed E-state index contributed by atoms with van der Waals surface area (Å²) < 4.78 is 55.1. The van der Waals surface area contributed by atoms with Gasteiger partial charge in [-0.2, -0.15) is 10.1 Å². The van der Waals surface area contributed by atoms with Crippen molar-refractivity contribution in [1.82, 2.24) is 34.5 Å². The number of alkyl halides is 2. The van der Waals surface area contributed by atoms with Crippen molar-refractivity contribution in [2.45, 2.75) is 88.1 Å². The van der Waals surface area contributed by atoms with Crippen LogP contribution < -0.4 is 31.1 Å². The van der Waals surface area contributed by atoms with Gasteiger partial charge in [-0.1, -0.05) is 23.7 Å². The van der Waals surface area contributed by atoms with Crippen LogP contribution in [0.4, 0.5) is 36.3 Å². The van der Waals surface area contributed by atoms with Gasteiger partial charge < -0.3 is 29.7 Å². The number of fused-ring (bicyclic) bond motifs is 4. The van der Waals surface area contributed by atoms with Crippen molar-refractivity contribution in [2.24, 2.45) is 25.9 Å². The molecule has 7 heterocycles. The third-order valence-electron chi connectivity index (χ3n) is 14.2. The second-order valence-corrected chi connectivity index (χ2v) is 18.5. The molecule has 1 aliphatic carbocycles. The molecule has 4 aliphatic heterocycles. The van der Waals surface area contributed by atoms with Gasteiger partial charge in [0.15, 0.2) is 18.2 Å². The van der Waals surface area contributed by atoms with Gasteiger partial charge in [0.1, 0.15) is 10.5 Å². The highest BCUT2D eigenvalue weighted by Gasteiger charge is 2.51. The average molecular weight is 887 g/mol. The van der Waals surface area contributed by atoms with E-state index in [1.807, 2.05) is 12.1 Å². The Morgan fingerprint density at radius 3 is 2.46 bits per heavy atom. The van der Waals surface area contributed by atoms with Gasteiger partial charge >= 0.3 is 5.92 Å². The summed E-state index contributed by atoms with van der Waals surface area (Å²) in [6.07, 6.45) is 7.10. The molecule has 3 unspecified atom stereocenters. The second kappa shape index (κ2) is 16.0. The molecule has 0 bridgehead atoms. The summed E-state index contributed by atoms with van der Waals surface area (Å²) in [5.41, 5.74) is 2.54. The standard InChI is InChI=1S/C45H50ClF3N10O4/c1-23(58-16-14-25(15-17-58)28-7-8-29-36(55-57(3)38(29)35(28)47)30-9-11-34(60)52-42(30)61)24-12-18-59(19-13-24)44-50-21-32(46)41(54-44)51-27-6-10-33-31(20-27)37-39(43(62)56(33)2)63-22-45(48,49)40(53-37)26-4-5-26/h6-8,10,20-21,23-26,30,40,53H,4-5,9,11-19,22H2,1-3H3,(H,50,51,54)(H,52,60,61). The van der Waals surface area contributed by atoms with Crippen LogP contribution in [0.15, 0.2) is 41.3 Å². The number of likely N-dealkylation sites (tertiary alicyclic amines) is 1. The van der Waals surface area contributed by atoms with Crippen LogP contribution >= 0.6 is 11.6 Å². The van der Waals surface area contributed by atoms with E-state index < -0.39 is 30.0 Å². The quantitative estimate of drug-likeness (QED) is 0.139. The fourth-order valence-electron chi connectivity index (χ4n) is 10.4. The Morgan fingerprint density at radius 1 is 0.968 bits per heavy atom. The highest BCUT2D eigenvalue weighted by Crippen LogP contribution is 2.46. The van der Waals surface area contributed by atoms with Gasteiger partial charge in [0, 0.05) is 56.1 Å². The fourth-order valence-corrected chi connectivity index (χ4v) is 10.6. The summed E-state index contributed by atoms with van der Waals surface area (Å²) in [6.45, 7) is 4.66. The number of nitrogens with zero attached hydrogens (tertiary/aromatic N) is 7. The molecule has 5 aliphatic rings. The summed E-state index contributed by atoms with van der Waals surface area (Å²) in [4.78, 5) is 51.7. The fraction of sp³-hybridized carbons (Fsp3) is 0.511. The van der Waals surface area contributed by atoms with E-state index in [1.165, 1.54) is 9.25 Å². The number of benzene rings is 2. The number of anilines is 4. The molecule has 3 saturated heterocycles. The molecule has 18 heteroatoms. The zero-order valence-corrected chi connectivity index (χ0v) is 36.2. The van der Waals surface area contributed by atoms with Crippen LogP contribution in [0.25, 0.3) is 21.8 Å². The first-order valence-electron chi connectivity index (χ1n) is 22.0. The number of rotatable bonds is 8. The molecule has 63 heavy (non-hydrogen) atoms. The van der Waals surface area contributed by atoms with Gasteiger partial charge in [0.05, 0.1) is 35.1 Å². The molecule has 2 aromatic carbocycles.